The topological polar surface area (TPSA) is 15.3 Å². The molecule has 0 bridgehead atoms. The van der Waals surface area contributed by atoms with E-state index in [1.165, 1.54) is 32.5 Å². The van der Waals surface area contributed by atoms with Crippen molar-refractivity contribution in [2.24, 2.45) is 5.92 Å². The molecule has 1 saturated heterocycles. The maximum atomic E-state index is 3.51. The second kappa shape index (κ2) is 4.45. The van der Waals surface area contributed by atoms with Crippen molar-refractivity contribution in [1.29, 1.82) is 0 Å². The van der Waals surface area contributed by atoms with Crippen LogP contribution in [0.5, 0.6) is 0 Å². The van der Waals surface area contributed by atoms with Gasteiger partial charge in [-0.2, -0.15) is 0 Å². The van der Waals surface area contributed by atoms with Crippen molar-refractivity contribution in [1.82, 2.24) is 10.2 Å². The molecule has 1 atom stereocenters. The molecule has 1 fully saturated rings. The summed E-state index contributed by atoms with van der Waals surface area (Å²) in [4.78, 5) is 2.72. The zero-order chi connectivity index (χ0) is 9.97. The van der Waals surface area contributed by atoms with Gasteiger partial charge in [0.05, 0.1) is 0 Å². The van der Waals surface area contributed by atoms with Gasteiger partial charge in [-0.05, 0) is 18.8 Å². The van der Waals surface area contributed by atoms with Crippen LogP contribution in [-0.2, 0) is 0 Å². The first-order valence-corrected chi connectivity index (χ1v) is 5.90. The SMILES string of the molecule is CC(C)C1CNCCN1C1CC=CC1. The lowest BCUT2D eigenvalue weighted by molar-refractivity contribution is 0.0819. The molecule has 2 aliphatic rings. The van der Waals surface area contributed by atoms with Gasteiger partial charge in [-0.3, -0.25) is 4.90 Å². The van der Waals surface area contributed by atoms with E-state index in [1.807, 2.05) is 0 Å². The van der Waals surface area contributed by atoms with E-state index in [-0.39, 0.29) is 0 Å². The van der Waals surface area contributed by atoms with Gasteiger partial charge in [-0.25, -0.2) is 0 Å². The van der Waals surface area contributed by atoms with Crippen LogP contribution in [0, 0.1) is 5.92 Å². The summed E-state index contributed by atoms with van der Waals surface area (Å²) < 4.78 is 0. The molecule has 0 spiro atoms. The number of nitrogens with zero attached hydrogens (tertiary/aromatic N) is 1. The van der Waals surface area contributed by atoms with E-state index in [1.54, 1.807) is 0 Å². The minimum atomic E-state index is 0.744. The highest BCUT2D eigenvalue weighted by atomic mass is 15.2. The average Bonchev–Trinajstić information content (AvgIpc) is 2.70. The van der Waals surface area contributed by atoms with Crippen LogP contribution in [0.25, 0.3) is 0 Å². The van der Waals surface area contributed by atoms with Gasteiger partial charge in [0.2, 0.25) is 0 Å². The number of hydrogen-bond acceptors (Lipinski definition) is 2. The van der Waals surface area contributed by atoms with Gasteiger partial charge >= 0.3 is 0 Å². The predicted molar refractivity (Wildman–Crippen MR) is 60.4 cm³/mol. The molecular formula is C12H22N2. The second-order valence-corrected chi connectivity index (χ2v) is 4.85. The molecular weight excluding hydrogens is 172 g/mol. The molecule has 14 heavy (non-hydrogen) atoms. The molecule has 1 aliphatic heterocycles. The largest absolute Gasteiger partial charge is 0.314 e. The van der Waals surface area contributed by atoms with Crippen LogP contribution in [0.4, 0.5) is 0 Å². The van der Waals surface area contributed by atoms with Crippen molar-refractivity contribution < 1.29 is 0 Å². The maximum Gasteiger partial charge on any atom is 0.0247 e. The van der Waals surface area contributed by atoms with Crippen molar-refractivity contribution >= 4 is 0 Å². The molecule has 2 nitrogen and oxygen atoms in total. The second-order valence-electron chi connectivity index (χ2n) is 4.85. The summed E-state index contributed by atoms with van der Waals surface area (Å²) in [5.41, 5.74) is 0. The summed E-state index contributed by atoms with van der Waals surface area (Å²) in [5.74, 6) is 0.767. The third-order valence-electron chi connectivity index (χ3n) is 3.55. The number of rotatable bonds is 2. The summed E-state index contributed by atoms with van der Waals surface area (Å²) >= 11 is 0. The van der Waals surface area contributed by atoms with Crippen molar-refractivity contribution in [3.8, 4) is 0 Å². The Kier molecular flexibility index (Phi) is 3.24. The van der Waals surface area contributed by atoms with Gasteiger partial charge in [0.15, 0.2) is 0 Å². The maximum absolute atomic E-state index is 3.51. The first kappa shape index (κ1) is 10.2. The van der Waals surface area contributed by atoms with Gasteiger partial charge < -0.3 is 5.32 Å². The van der Waals surface area contributed by atoms with Crippen LogP contribution in [-0.4, -0.2) is 36.6 Å². The lowest BCUT2D eigenvalue weighted by Gasteiger charge is -2.42. The highest BCUT2D eigenvalue weighted by Crippen LogP contribution is 2.23. The van der Waals surface area contributed by atoms with E-state index in [9.17, 15) is 0 Å². The third kappa shape index (κ3) is 2.01. The Bertz CT molecular complexity index is 202. The smallest absolute Gasteiger partial charge is 0.0247 e. The summed E-state index contributed by atoms with van der Waals surface area (Å²) in [6, 6.07) is 1.54. The number of nitrogens with one attached hydrogen (secondary N) is 1. The van der Waals surface area contributed by atoms with Crippen LogP contribution in [0.2, 0.25) is 0 Å². The van der Waals surface area contributed by atoms with Gasteiger partial charge in [-0.15, -0.1) is 0 Å². The Morgan fingerprint density at radius 3 is 2.64 bits per heavy atom. The van der Waals surface area contributed by atoms with E-state index in [2.05, 4.69) is 36.2 Å². The minimum Gasteiger partial charge on any atom is -0.314 e. The Labute approximate surface area is 87.4 Å². The predicted octanol–water partition coefficient (Wildman–Crippen LogP) is 1.63. The van der Waals surface area contributed by atoms with Crippen molar-refractivity contribution in [2.45, 2.75) is 38.8 Å². The third-order valence-corrected chi connectivity index (χ3v) is 3.55. The fourth-order valence-electron chi connectivity index (χ4n) is 2.69. The van der Waals surface area contributed by atoms with Crippen LogP contribution in [0.3, 0.4) is 0 Å². The Morgan fingerprint density at radius 1 is 1.29 bits per heavy atom. The molecule has 0 saturated carbocycles. The van der Waals surface area contributed by atoms with E-state index >= 15 is 0 Å². The molecule has 1 aliphatic carbocycles. The first-order chi connectivity index (χ1) is 6.79. The summed E-state index contributed by atoms with van der Waals surface area (Å²) in [5, 5.41) is 3.51. The summed E-state index contributed by atoms with van der Waals surface area (Å²) in [7, 11) is 0. The Morgan fingerprint density at radius 2 is 2.00 bits per heavy atom. The van der Waals surface area contributed by atoms with E-state index in [4.69, 9.17) is 0 Å². The highest BCUT2D eigenvalue weighted by molar-refractivity contribution is 5.01. The van der Waals surface area contributed by atoms with Gasteiger partial charge in [0.1, 0.15) is 0 Å². The molecule has 1 N–H and O–H groups in total. The monoisotopic (exact) mass is 194 g/mol. The number of hydrogen-bond donors (Lipinski definition) is 1. The molecule has 2 heteroatoms. The Hall–Kier alpha value is -0.340. The minimum absolute atomic E-state index is 0.744. The summed E-state index contributed by atoms with van der Waals surface area (Å²) in [6.45, 7) is 8.25. The van der Waals surface area contributed by atoms with Crippen molar-refractivity contribution in [2.75, 3.05) is 19.6 Å². The summed E-state index contributed by atoms with van der Waals surface area (Å²) in [6.07, 6.45) is 7.21. The quantitative estimate of drug-likeness (QED) is 0.672. The van der Waals surface area contributed by atoms with Crippen LogP contribution >= 0.6 is 0 Å². The van der Waals surface area contributed by atoms with E-state index in [0.717, 1.165) is 18.0 Å². The lowest BCUT2D eigenvalue weighted by Crippen LogP contribution is -2.56. The molecule has 2 rings (SSSR count). The van der Waals surface area contributed by atoms with Crippen LogP contribution < -0.4 is 5.32 Å². The molecule has 1 unspecified atom stereocenters. The zero-order valence-electron chi connectivity index (χ0n) is 9.37. The van der Waals surface area contributed by atoms with Crippen LogP contribution in [0.15, 0.2) is 12.2 Å². The van der Waals surface area contributed by atoms with Crippen molar-refractivity contribution in [3.63, 3.8) is 0 Å². The zero-order valence-corrected chi connectivity index (χ0v) is 9.37. The van der Waals surface area contributed by atoms with E-state index in [0.29, 0.717) is 0 Å². The fraction of sp³-hybridized carbons (Fsp3) is 0.833. The molecule has 0 amide bonds. The molecule has 1 heterocycles. The van der Waals surface area contributed by atoms with Gasteiger partial charge in [0, 0.05) is 31.7 Å². The van der Waals surface area contributed by atoms with Crippen molar-refractivity contribution in [3.05, 3.63) is 12.2 Å². The molecule has 0 aromatic rings. The standard InChI is InChI=1S/C12H22N2/c1-10(2)12-9-13-7-8-14(12)11-5-3-4-6-11/h3-4,10-13H,5-9H2,1-2H3. The van der Waals surface area contributed by atoms with Gasteiger partial charge in [0.25, 0.3) is 0 Å². The highest BCUT2D eigenvalue weighted by Gasteiger charge is 2.30. The normalized spacial score (nSPS) is 30.4. The van der Waals surface area contributed by atoms with Crippen LogP contribution in [0.1, 0.15) is 26.7 Å². The Balaban J connectivity index is 1.98. The first-order valence-electron chi connectivity index (χ1n) is 5.90. The molecule has 0 aromatic heterocycles. The van der Waals surface area contributed by atoms with Gasteiger partial charge in [-0.1, -0.05) is 26.0 Å². The van der Waals surface area contributed by atoms with E-state index < -0.39 is 0 Å². The number of piperazine rings is 1. The molecule has 80 valence electrons. The molecule has 0 aromatic carbocycles. The lowest BCUT2D eigenvalue weighted by atomic mass is 9.98. The fourth-order valence-corrected chi connectivity index (χ4v) is 2.69. The molecule has 0 radical (unpaired) electrons. The average molecular weight is 194 g/mol.